The summed E-state index contributed by atoms with van der Waals surface area (Å²) < 4.78 is 30.4. The van der Waals surface area contributed by atoms with Crippen LogP contribution in [0.15, 0.2) is 24.4 Å². The Morgan fingerprint density at radius 2 is 2.10 bits per heavy atom. The van der Waals surface area contributed by atoms with E-state index in [4.69, 9.17) is 22.1 Å². The average molecular weight is 454 g/mol. The fraction of sp³-hybridized carbons (Fsp3) is 0.526. The van der Waals surface area contributed by atoms with Crippen LogP contribution in [-0.2, 0) is 38.1 Å². The van der Waals surface area contributed by atoms with Gasteiger partial charge in [-0.15, -0.1) is 5.10 Å². The van der Waals surface area contributed by atoms with Crippen LogP contribution in [0.5, 0.6) is 0 Å². The van der Waals surface area contributed by atoms with E-state index >= 15 is 0 Å². The number of carbonyl (C=O) groups excluding carboxylic acids is 1. The van der Waals surface area contributed by atoms with Gasteiger partial charge in [-0.05, 0) is 36.1 Å². The molecule has 11 heteroatoms. The number of rotatable bonds is 6. The number of benzene rings is 1. The molecule has 0 aliphatic carbocycles. The van der Waals surface area contributed by atoms with Gasteiger partial charge in [-0.3, -0.25) is 14.4 Å². The van der Waals surface area contributed by atoms with Crippen LogP contribution in [0.1, 0.15) is 35.8 Å². The zero-order valence-electron chi connectivity index (χ0n) is 16.6. The molecule has 1 unspecified atom stereocenters. The molecule has 162 valence electrons. The molecular formula is C19H24ClN5O4S. The Morgan fingerprint density at radius 3 is 2.77 bits per heavy atom. The van der Waals surface area contributed by atoms with Gasteiger partial charge in [0.2, 0.25) is 0 Å². The van der Waals surface area contributed by atoms with Crippen LogP contribution in [0, 0.1) is 0 Å². The molecule has 1 aromatic carbocycles. The zero-order chi connectivity index (χ0) is 21.5. The second kappa shape index (κ2) is 7.92. The van der Waals surface area contributed by atoms with Crippen LogP contribution in [0.2, 0.25) is 5.02 Å². The van der Waals surface area contributed by atoms with Gasteiger partial charge in [0, 0.05) is 37.1 Å². The number of hydrogen-bond acceptors (Lipinski definition) is 7. The second-order valence-corrected chi connectivity index (χ2v) is 10.7. The minimum atomic E-state index is -3.05. The summed E-state index contributed by atoms with van der Waals surface area (Å²) in [6.45, 7) is 2.38. The number of piperidine rings is 1. The lowest BCUT2D eigenvalue weighted by Gasteiger charge is -2.39. The molecule has 1 spiro atoms. The molecule has 2 N–H and O–H groups in total. The third-order valence-corrected chi connectivity index (χ3v) is 6.88. The van der Waals surface area contributed by atoms with E-state index in [0.29, 0.717) is 24.4 Å². The van der Waals surface area contributed by atoms with Gasteiger partial charge in [0.05, 0.1) is 23.6 Å². The van der Waals surface area contributed by atoms with Crippen LogP contribution >= 0.6 is 11.6 Å². The number of hydrogen-bond donors (Lipinski definition) is 1. The highest BCUT2D eigenvalue weighted by Gasteiger charge is 2.48. The standard InChI is InChI=1S/C19H24ClN5O4S/c1-30(27,28)9-8-25-12-14(22-23-25)11-24-6-4-19(5-7-24)16-10-13(20)2-3-15(16)17(29-19)18(21)26/h2-3,10,12,17H,4-9,11H2,1H3,(H2,21,26). The van der Waals surface area contributed by atoms with E-state index in [9.17, 15) is 13.2 Å². The van der Waals surface area contributed by atoms with Crippen LogP contribution in [-0.4, -0.2) is 59.3 Å². The Morgan fingerprint density at radius 1 is 1.37 bits per heavy atom. The molecule has 4 rings (SSSR count). The summed E-state index contributed by atoms with van der Waals surface area (Å²) in [6.07, 6.45) is 3.63. The molecule has 0 bridgehead atoms. The van der Waals surface area contributed by atoms with Crippen LogP contribution in [0.25, 0.3) is 0 Å². The highest BCUT2D eigenvalue weighted by atomic mass is 35.5. The number of sulfone groups is 1. The number of primary amides is 1. The van der Waals surface area contributed by atoms with Crippen molar-refractivity contribution < 1.29 is 17.9 Å². The molecule has 2 aliphatic rings. The van der Waals surface area contributed by atoms with Gasteiger partial charge in [-0.25, -0.2) is 8.42 Å². The number of carbonyl (C=O) groups is 1. The van der Waals surface area contributed by atoms with Gasteiger partial charge in [0.1, 0.15) is 9.84 Å². The maximum absolute atomic E-state index is 11.9. The third-order valence-electron chi connectivity index (χ3n) is 5.72. The predicted molar refractivity (Wildman–Crippen MR) is 110 cm³/mol. The van der Waals surface area contributed by atoms with Gasteiger partial charge in [0.25, 0.3) is 5.91 Å². The van der Waals surface area contributed by atoms with Crippen molar-refractivity contribution in [2.75, 3.05) is 25.1 Å². The van der Waals surface area contributed by atoms with Crippen molar-refractivity contribution in [2.45, 2.75) is 37.6 Å². The molecule has 9 nitrogen and oxygen atoms in total. The molecule has 2 aromatic rings. The highest BCUT2D eigenvalue weighted by molar-refractivity contribution is 7.90. The van der Waals surface area contributed by atoms with E-state index in [1.54, 1.807) is 16.9 Å². The van der Waals surface area contributed by atoms with E-state index in [1.807, 2.05) is 12.1 Å². The predicted octanol–water partition coefficient (Wildman–Crippen LogP) is 1.02. The topological polar surface area (TPSA) is 120 Å². The molecule has 1 aromatic heterocycles. The van der Waals surface area contributed by atoms with Crippen molar-refractivity contribution in [3.05, 3.63) is 46.2 Å². The fourth-order valence-electron chi connectivity index (χ4n) is 4.18. The number of ether oxygens (including phenoxy) is 1. The van der Waals surface area contributed by atoms with E-state index < -0.39 is 27.4 Å². The highest BCUT2D eigenvalue weighted by Crippen LogP contribution is 2.50. The summed E-state index contributed by atoms with van der Waals surface area (Å²) in [5.41, 5.74) is 7.53. The summed E-state index contributed by atoms with van der Waals surface area (Å²) in [4.78, 5) is 14.1. The first-order valence-electron chi connectivity index (χ1n) is 9.71. The van der Waals surface area contributed by atoms with Crippen LogP contribution < -0.4 is 5.73 Å². The molecule has 0 radical (unpaired) electrons. The molecule has 1 atom stereocenters. The van der Waals surface area contributed by atoms with Gasteiger partial charge in [-0.2, -0.15) is 0 Å². The zero-order valence-corrected chi connectivity index (χ0v) is 18.2. The molecule has 2 aliphatic heterocycles. The second-order valence-electron chi connectivity index (χ2n) is 8.01. The van der Waals surface area contributed by atoms with Crippen molar-refractivity contribution in [3.63, 3.8) is 0 Å². The fourth-order valence-corrected chi connectivity index (χ4v) is 4.87. The number of nitrogens with zero attached hydrogens (tertiary/aromatic N) is 4. The molecule has 30 heavy (non-hydrogen) atoms. The Kier molecular flexibility index (Phi) is 5.60. The minimum absolute atomic E-state index is 0.0301. The number of amides is 1. The summed E-state index contributed by atoms with van der Waals surface area (Å²) in [7, 11) is -3.05. The van der Waals surface area contributed by atoms with Crippen molar-refractivity contribution in [3.8, 4) is 0 Å². The van der Waals surface area contributed by atoms with Crippen molar-refractivity contribution in [2.24, 2.45) is 5.73 Å². The van der Waals surface area contributed by atoms with Crippen molar-refractivity contribution >= 4 is 27.3 Å². The number of nitrogens with two attached hydrogens (primary N) is 1. The van der Waals surface area contributed by atoms with E-state index in [2.05, 4.69) is 15.2 Å². The normalized spacial score (nSPS) is 21.1. The van der Waals surface area contributed by atoms with Gasteiger partial charge < -0.3 is 10.5 Å². The van der Waals surface area contributed by atoms with Crippen LogP contribution in [0.4, 0.5) is 0 Å². The Hall–Kier alpha value is -2.01. The molecule has 1 saturated heterocycles. The first kappa shape index (κ1) is 21.2. The maximum atomic E-state index is 11.9. The quantitative estimate of drug-likeness (QED) is 0.693. The first-order valence-corrected chi connectivity index (χ1v) is 12.2. The Labute approximate surface area is 180 Å². The third kappa shape index (κ3) is 4.36. The largest absolute Gasteiger partial charge is 0.367 e. The maximum Gasteiger partial charge on any atom is 0.251 e. The Balaban J connectivity index is 1.42. The van der Waals surface area contributed by atoms with Crippen molar-refractivity contribution in [1.82, 2.24) is 19.9 Å². The van der Waals surface area contributed by atoms with E-state index in [0.717, 1.165) is 29.9 Å². The molecular weight excluding hydrogens is 430 g/mol. The lowest BCUT2D eigenvalue weighted by molar-refractivity contribution is -0.148. The molecule has 1 amide bonds. The molecule has 1 fully saturated rings. The number of aromatic nitrogens is 3. The lowest BCUT2D eigenvalue weighted by atomic mass is 9.83. The number of aryl methyl sites for hydroxylation is 1. The SMILES string of the molecule is CS(=O)(=O)CCn1cc(CN2CCC3(CC2)OC(C(N)=O)c2ccc(Cl)cc23)nn1. The number of fused-ring (bicyclic) bond motifs is 2. The van der Waals surface area contributed by atoms with Gasteiger partial charge >= 0.3 is 0 Å². The van der Waals surface area contributed by atoms with E-state index in [1.165, 1.54) is 6.26 Å². The smallest absolute Gasteiger partial charge is 0.251 e. The summed E-state index contributed by atoms with van der Waals surface area (Å²) in [5.74, 6) is -0.467. The summed E-state index contributed by atoms with van der Waals surface area (Å²) in [5, 5.41) is 8.77. The molecule has 3 heterocycles. The summed E-state index contributed by atoms with van der Waals surface area (Å²) >= 11 is 6.21. The summed E-state index contributed by atoms with van der Waals surface area (Å²) in [6, 6.07) is 5.45. The first-order chi connectivity index (χ1) is 14.2. The van der Waals surface area contributed by atoms with Crippen LogP contribution in [0.3, 0.4) is 0 Å². The number of likely N-dealkylation sites (tertiary alicyclic amines) is 1. The Bertz CT molecular complexity index is 1060. The average Bonchev–Trinajstić information content (AvgIpc) is 3.25. The van der Waals surface area contributed by atoms with Crippen molar-refractivity contribution in [1.29, 1.82) is 0 Å². The lowest BCUT2D eigenvalue weighted by Crippen LogP contribution is -2.42. The molecule has 0 saturated carbocycles. The monoisotopic (exact) mass is 453 g/mol. The van der Waals surface area contributed by atoms with E-state index in [-0.39, 0.29) is 12.3 Å². The van der Waals surface area contributed by atoms with Gasteiger partial charge in [-0.1, -0.05) is 22.9 Å². The number of halogens is 1. The van der Waals surface area contributed by atoms with Gasteiger partial charge in [0.15, 0.2) is 6.10 Å². The minimum Gasteiger partial charge on any atom is -0.367 e.